The molecule has 136 valence electrons. The van der Waals surface area contributed by atoms with Gasteiger partial charge in [0, 0.05) is 6.42 Å². The molecule has 2 aromatic carbocycles. The maximum absolute atomic E-state index is 12.4. The third-order valence-electron chi connectivity index (χ3n) is 4.29. The standard InChI is InChI=1S/C19H14N2O6/c1-2-15(26-20-16(22)11-7-3-4-8-12(11)17(20)23)27-21-18(24)13-9-5-6-10-14(13)19(21)25/h3-10,15H,2H2,1H3. The van der Waals surface area contributed by atoms with E-state index in [0.717, 1.165) is 0 Å². The summed E-state index contributed by atoms with van der Waals surface area (Å²) in [6, 6.07) is 12.6. The Morgan fingerprint density at radius 3 is 1.22 bits per heavy atom. The number of hydrogen-bond acceptors (Lipinski definition) is 6. The lowest BCUT2D eigenvalue weighted by Crippen LogP contribution is -2.41. The van der Waals surface area contributed by atoms with Crippen molar-refractivity contribution in [2.24, 2.45) is 0 Å². The summed E-state index contributed by atoms with van der Waals surface area (Å²) in [5.41, 5.74) is 0.882. The highest BCUT2D eigenvalue weighted by Crippen LogP contribution is 2.27. The van der Waals surface area contributed by atoms with E-state index in [1.165, 1.54) is 24.3 Å². The molecule has 0 bridgehead atoms. The number of fused-ring (bicyclic) bond motifs is 2. The molecule has 2 heterocycles. The second-order valence-electron chi connectivity index (χ2n) is 5.95. The van der Waals surface area contributed by atoms with Crippen LogP contribution in [-0.4, -0.2) is 40.0 Å². The first kappa shape index (κ1) is 17.1. The van der Waals surface area contributed by atoms with E-state index in [9.17, 15) is 19.2 Å². The first-order chi connectivity index (χ1) is 13.0. The number of rotatable bonds is 5. The molecule has 0 saturated carbocycles. The molecule has 0 spiro atoms. The van der Waals surface area contributed by atoms with Gasteiger partial charge in [0.05, 0.1) is 22.3 Å². The zero-order valence-electron chi connectivity index (χ0n) is 14.2. The highest BCUT2D eigenvalue weighted by molar-refractivity contribution is 6.21. The van der Waals surface area contributed by atoms with E-state index in [4.69, 9.17) is 9.68 Å². The van der Waals surface area contributed by atoms with E-state index >= 15 is 0 Å². The molecule has 8 nitrogen and oxygen atoms in total. The topological polar surface area (TPSA) is 93.2 Å². The summed E-state index contributed by atoms with van der Waals surface area (Å²) in [5, 5.41) is 1.19. The van der Waals surface area contributed by atoms with Crippen LogP contribution >= 0.6 is 0 Å². The quantitative estimate of drug-likeness (QED) is 0.595. The van der Waals surface area contributed by atoms with Gasteiger partial charge in [-0.2, -0.15) is 0 Å². The summed E-state index contributed by atoms with van der Waals surface area (Å²) >= 11 is 0. The van der Waals surface area contributed by atoms with Gasteiger partial charge in [0.1, 0.15) is 0 Å². The smallest absolute Gasteiger partial charge is 0.266 e. The van der Waals surface area contributed by atoms with Crippen molar-refractivity contribution in [3.8, 4) is 0 Å². The van der Waals surface area contributed by atoms with E-state index in [1.807, 2.05) is 0 Å². The molecular weight excluding hydrogens is 352 g/mol. The van der Waals surface area contributed by atoms with Gasteiger partial charge in [0.15, 0.2) is 0 Å². The SMILES string of the molecule is CCC(ON1C(=O)c2ccccc2C1=O)ON1C(=O)c2ccccc2C1=O. The van der Waals surface area contributed by atoms with Crippen LogP contribution < -0.4 is 0 Å². The average Bonchev–Trinajstić information content (AvgIpc) is 3.08. The van der Waals surface area contributed by atoms with Crippen LogP contribution in [0.5, 0.6) is 0 Å². The van der Waals surface area contributed by atoms with Gasteiger partial charge in [-0.25, -0.2) is 9.68 Å². The van der Waals surface area contributed by atoms with Crippen LogP contribution in [0.2, 0.25) is 0 Å². The van der Waals surface area contributed by atoms with Gasteiger partial charge >= 0.3 is 0 Å². The summed E-state index contributed by atoms with van der Waals surface area (Å²) < 4.78 is 0. The second-order valence-corrected chi connectivity index (χ2v) is 5.95. The van der Waals surface area contributed by atoms with Crippen molar-refractivity contribution < 1.29 is 28.9 Å². The molecule has 8 heteroatoms. The lowest BCUT2D eigenvalue weighted by atomic mass is 10.1. The van der Waals surface area contributed by atoms with Gasteiger partial charge in [-0.05, 0) is 24.3 Å². The molecule has 27 heavy (non-hydrogen) atoms. The fourth-order valence-corrected chi connectivity index (χ4v) is 2.93. The number of hydrogen-bond donors (Lipinski definition) is 0. The summed E-state index contributed by atoms with van der Waals surface area (Å²) in [6.07, 6.45) is -1.00. The molecule has 4 amide bonds. The van der Waals surface area contributed by atoms with E-state index in [0.29, 0.717) is 10.1 Å². The number of nitrogens with zero attached hydrogens (tertiary/aromatic N) is 2. The minimum Gasteiger partial charge on any atom is -0.266 e. The van der Waals surface area contributed by atoms with Crippen LogP contribution in [0.25, 0.3) is 0 Å². The minimum absolute atomic E-state index is 0.181. The van der Waals surface area contributed by atoms with Crippen molar-refractivity contribution in [1.82, 2.24) is 10.1 Å². The summed E-state index contributed by atoms with van der Waals surface area (Å²) in [6.45, 7) is 1.67. The molecule has 0 fully saturated rings. The fourth-order valence-electron chi connectivity index (χ4n) is 2.93. The Hall–Kier alpha value is -3.36. The lowest BCUT2D eigenvalue weighted by Gasteiger charge is -2.24. The number of imide groups is 2. The molecule has 4 rings (SSSR count). The molecule has 0 unspecified atom stereocenters. The highest BCUT2D eigenvalue weighted by atomic mass is 16.9. The number of carbonyl (C=O) groups is 4. The first-order valence-electron chi connectivity index (χ1n) is 8.32. The van der Waals surface area contributed by atoms with Crippen molar-refractivity contribution in [2.45, 2.75) is 19.6 Å². The van der Waals surface area contributed by atoms with Crippen LogP contribution in [0.4, 0.5) is 0 Å². The minimum atomic E-state index is -1.19. The molecule has 0 N–H and O–H groups in total. The van der Waals surface area contributed by atoms with Gasteiger partial charge < -0.3 is 0 Å². The van der Waals surface area contributed by atoms with Crippen molar-refractivity contribution >= 4 is 23.6 Å². The van der Waals surface area contributed by atoms with Gasteiger partial charge in [-0.15, -0.1) is 10.1 Å². The van der Waals surface area contributed by atoms with Crippen molar-refractivity contribution in [1.29, 1.82) is 0 Å². The second kappa shape index (κ2) is 6.42. The Labute approximate surface area is 153 Å². The summed E-state index contributed by atoms with van der Waals surface area (Å²) in [5.74, 6) is -2.50. The Balaban J connectivity index is 1.52. The Morgan fingerprint density at radius 2 is 0.963 bits per heavy atom. The molecule has 0 atom stereocenters. The summed E-state index contributed by atoms with van der Waals surface area (Å²) in [4.78, 5) is 60.3. The van der Waals surface area contributed by atoms with E-state index < -0.39 is 29.9 Å². The van der Waals surface area contributed by atoms with E-state index in [-0.39, 0.29) is 28.7 Å². The predicted octanol–water partition coefficient (Wildman–Crippen LogP) is 2.18. The average molecular weight is 366 g/mol. The van der Waals surface area contributed by atoms with Crippen LogP contribution in [0.3, 0.4) is 0 Å². The maximum Gasteiger partial charge on any atom is 0.285 e. The van der Waals surface area contributed by atoms with Gasteiger partial charge in [0.25, 0.3) is 23.6 Å². The number of hydroxylamine groups is 4. The molecule has 0 aliphatic carbocycles. The zero-order chi connectivity index (χ0) is 19.1. The third-order valence-corrected chi connectivity index (χ3v) is 4.29. The Morgan fingerprint density at radius 1 is 0.667 bits per heavy atom. The van der Waals surface area contributed by atoms with E-state index in [1.54, 1.807) is 31.2 Å². The normalized spacial score (nSPS) is 15.8. The van der Waals surface area contributed by atoms with Crippen molar-refractivity contribution in [3.63, 3.8) is 0 Å². The molecule has 2 aliphatic rings. The Kier molecular flexibility index (Phi) is 4.06. The first-order valence-corrected chi connectivity index (χ1v) is 8.32. The summed E-state index contributed by atoms with van der Waals surface area (Å²) in [7, 11) is 0. The largest absolute Gasteiger partial charge is 0.285 e. The molecular formula is C19H14N2O6. The van der Waals surface area contributed by atoms with Crippen LogP contribution in [0, 0.1) is 0 Å². The molecule has 2 aliphatic heterocycles. The van der Waals surface area contributed by atoms with E-state index in [2.05, 4.69) is 0 Å². The predicted molar refractivity (Wildman–Crippen MR) is 90.1 cm³/mol. The molecule has 0 radical (unpaired) electrons. The van der Waals surface area contributed by atoms with Gasteiger partial charge in [-0.3, -0.25) is 19.2 Å². The maximum atomic E-state index is 12.4. The van der Waals surface area contributed by atoms with Crippen LogP contribution in [-0.2, 0) is 9.68 Å². The van der Waals surface area contributed by atoms with Crippen molar-refractivity contribution in [3.05, 3.63) is 70.8 Å². The fraction of sp³-hybridized carbons (Fsp3) is 0.158. The van der Waals surface area contributed by atoms with Crippen LogP contribution in [0.15, 0.2) is 48.5 Å². The molecule has 0 saturated heterocycles. The lowest BCUT2D eigenvalue weighted by molar-refractivity contribution is -0.290. The number of carbonyl (C=O) groups excluding carboxylic acids is 4. The zero-order valence-corrected chi connectivity index (χ0v) is 14.2. The highest BCUT2D eigenvalue weighted by Gasteiger charge is 2.41. The Bertz CT molecular complexity index is 838. The van der Waals surface area contributed by atoms with Gasteiger partial charge in [0.2, 0.25) is 6.29 Å². The van der Waals surface area contributed by atoms with Crippen LogP contribution in [0.1, 0.15) is 54.8 Å². The number of amides is 4. The molecule has 0 aromatic heterocycles. The van der Waals surface area contributed by atoms with Gasteiger partial charge in [-0.1, -0.05) is 31.2 Å². The number of benzene rings is 2. The third kappa shape index (κ3) is 2.62. The van der Waals surface area contributed by atoms with Crippen molar-refractivity contribution in [2.75, 3.05) is 0 Å². The molecule has 2 aromatic rings. The monoisotopic (exact) mass is 366 g/mol.